The zero-order chi connectivity index (χ0) is 11.7. The number of aromatic nitrogens is 1. The third-order valence-electron chi connectivity index (χ3n) is 2.44. The molecule has 0 radical (unpaired) electrons. The molecule has 0 saturated carbocycles. The Bertz CT molecular complexity index is 483. The van der Waals surface area contributed by atoms with Gasteiger partial charge in [-0.1, -0.05) is 11.6 Å². The summed E-state index contributed by atoms with van der Waals surface area (Å²) in [6.07, 6.45) is 7.28. The molecule has 1 saturated heterocycles. The van der Waals surface area contributed by atoms with Crippen LogP contribution in [0.2, 0.25) is 5.15 Å². The molecule has 2 rings (SSSR count). The van der Waals surface area contributed by atoms with Crippen molar-refractivity contribution < 1.29 is 4.79 Å². The van der Waals surface area contributed by atoms with Crippen LogP contribution in [0, 0.1) is 18.3 Å². The predicted octanol–water partition coefficient (Wildman–Crippen LogP) is 2.48. The van der Waals surface area contributed by atoms with E-state index < -0.39 is 0 Å². The first kappa shape index (κ1) is 11.4. The van der Waals surface area contributed by atoms with Crippen LogP contribution in [0.25, 0.3) is 0 Å². The van der Waals surface area contributed by atoms with Crippen LogP contribution in [0.5, 0.6) is 0 Å². The van der Waals surface area contributed by atoms with Gasteiger partial charge in [0.05, 0.1) is 5.69 Å². The molecule has 1 fully saturated rings. The number of carbonyl (C=O) groups excluding carboxylic acids is 1. The van der Waals surface area contributed by atoms with E-state index in [9.17, 15) is 4.79 Å². The number of rotatable bonds is 1. The number of carbonyl (C=O) groups is 1. The van der Waals surface area contributed by atoms with E-state index in [1.54, 1.807) is 17.2 Å². The number of nitrogens with zero attached hydrogens (tertiary/aromatic N) is 2. The van der Waals surface area contributed by atoms with E-state index in [1.165, 1.54) is 0 Å². The Labute approximate surface area is 107 Å². The molecule has 0 N–H and O–H groups in total. The van der Waals surface area contributed by atoms with Gasteiger partial charge in [-0.2, -0.15) is 0 Å². The number of hydrogen-bond acceptors (Lipinski definition) is 2. The number of hydrogen-bond donors (Lipinski definition) is 0. The van der Waals surface area contributed by atoms with E-state index >= 15 is 0 Å². The second-order valence-corrected chi connectivity index (χ2v) is 4.81. The highest BCUT2D eigenvalue weighted by atomic mass is 79.9. The van der Waals surface area contributed by atoms with Crippen molar-refractivity contribution in [1.82, 2.24) is 4.98 Å². The lowest BCUT2D eigenvalue weighted by molar-refractivity contribution is -0.117. The van der Waals surface area contributed by atoms with Gasteiger partial charge in [-0.3, -0.25) is 4.79 Å². The van der Waals surface area contributed by atoms with Crippen molar-refractivity contribution in [2.24, 2.45) is 5.92 Å². The minimum atomic E-state index is -0.0393. The summed E-state index contributed by atoms with van der Waals surface area (Å²) in [6.45, 7) is 0.507. The summed E-state index contributed by atoms with van der Waals surface area (Å²) < 4.78 is 0.781. The Kier molecular flexibility index (Phi) is 3.17. The molecule has 2 heterocycles. The summed E-state index contributed by atoms with van der Waals surface area (Å²) in [5.41, 5.74) is 0.610. The molecule has 0 bridgehead atoms. The van der Waals surface area contributed by atoms with Crippen LogP contribution in [0.1, 0.15) is 6.42 Å². The van der Waals surface area contributed by atoms with Crippen LogP contribution in [0.4, 0.5) is 5.69 Å². The summed E-state index contributed by atoms with van der Waals surface area (Å²) in [5, 5.41) is 0.314. The van der Waals surface area contributed by atoms with Crippen LogP contribution in [0.3, 0.4) is 0 Å². The number of terminal acetylenes is 1. The van der Waals surface area contributed by atoms with Gasteiger partial charge >= 0.3 is 0 Å². The van der Waals surface area contributed by atoms with E-state index in [1.807, 2.05) is 0 Å². The Balaban J connectivity index is 2.35. The standard InChI is InChI=1S/C11H8BrClN2O/c1-2-7-3-10(16)15(6-7)9-4-8(12)5-14-11(9)13/h1,4-5,7H,3,6H2. The first-order chi connectivity index (χ1) is 7.61. The predicted molar refractivity (Wildman–Crippen MR) is 66.2 cm³/mol. The van der Waals surface area contributed by atoms with Crippen LogP contribution in [-0.2, 0) is 4.79 Å². The second-order valence-electron chi connectivity index (χ2n) is 3.54. The van der Waals surface area contributed by atoms with Crippen LogP contribution in [0.15, 0.2) is 16.7 Å². The van der Waals surface area contributed by atoms with Crippen molar-refractivity contribution in [2.45, 2.75) is 6.42 Å². The topological polar surface area (TPSA) is 33.2 Å². The Morgan fingerprint density at radius 1 is 1.69 bits per heavy atom. The van der Waals surface area contributed by atoms with Gasteiger partial charge in [-0.25, -0.2) is 4.98 Å². The summed E-state index contributed by atoms with van der Waals surface area (Å²) in [6, 6.07) is 1.77. The maximum atomic E-state index is 11.7. The fourth-order valence-corrected chi connectivity index (χ4v) is 2.18. The molecule has 1 atom stereocenters. The SMILES string of the molecule is C#CC1CC(=O)N(c2cc(Br)cnc2Cl)C1. The number of amides is 1. The molecule has 16 heavy (non-hydrogen) atoms. The first-order valence-electron chi connectivity index (χ1n) is 4.69. The molecule has 1 aromatic rings. The van der Waals surface area contributed by atoms with Gasteiger partial charge in [0.15, 0.2) is 5.15 Å². The number of pyridine rings is 1. The molecule has 0 aliphatic carbocycles. The fraction of sp³-hybridized carbons (Fsp3) is 0.273. The van der Waals surface area contributed by atoms with Gasteiger partial charge in [-0.05, 0) is 22.0 Å². The summed E-state index contributed by atoms with van der Waals surface area (Å²) in [5.74, 6) is 2.54. The van der Waals surface area contributed by atoms with Gasteiger partial charge in [0.1, 0.15) is 0 Å². The largest absolute Gasteiger partial charge is 0.308 e. The van der Waals surface area contributed by atoms with Crippen LogP contribution in [-0.4, -0.2) is 17.4 Å². The second kappa shape index (κ2) is 4.44. The van der Waals surface area contributed by atoms with Crippen molar-refractivity contribution in [3.63, 3.8) is 0 Å². The number of anilines is 1. The minimum Gasteiger partial charge on any atom is -0.308 e. The normalized spacial score (nSPS) is 19.9. The molecule has 82 valence electrons. The average molecular weight is 300 g/mol. The van der Waals surface area contributed by atoms with Gasteiger partial charge in [0, 0.05) is 29.6 Å². The Morgan fingerprint density at radius 2 is 2.44 bits per heavy atom. The molecule has 1 unspecified atom stereocenters. The van der Waals surface area contributed by atoms with Gasteiger partial charge in [0.25, 0.3) is 0 Å². The van der Waals surface area contributed by atoms with Crippen molar-refractivity contribution in [2.75, 3.05) is 11.4 Å². The molecule has 1 aliphatic rings. The van der Waals surface area contributed by atoms with Gasteiger partial charge in [0.2, 0.25) is 5.91 Å². The molecule has 1 aromatic heterocycles. The highest BCUT2D eigenvalue weighted by Crippen LogP contribution is 2.31. The zero-order valence-electron chi connectivity index (χ0n) is 8.28. The van der Waals surface area contributed by atoms with Crippen molar-refractivity contribution in [1.29, 1.82) is 0 Å². The Hall–Kier alpha value is -1.05. The third kappa shape index (κ3) is 2.06. The lowest BCUT2D eigenvalue weighted by atomic mass is 10.1. The monoisotopic (exact) mass is 298 g/mol. The molecule has 1 amide bonds. The molecule has 3 nitrogen and oxygen atoms in total. The minimum absolute atomic E-state index is 0.00949. The summed E-state index contributed by atoms with van der Waals surface area (Å²) in [7, 11) is 0. The van der Waals surface area contributed by atoms with Crippen LogP contribution >= 0.6 is 27.5 Å². The smallest absolute Gasteiger partial charge is 0.228 e. The summed E-state index contributed by atoms with van der Waals surface area (Å²) >= 11 is 9.25. The maximum Gasteiger partial charge on any atom is 0.228 e. The van der Waals surface area contributed by atoms with E-state index in [0.717, 1.165) is 4.47 Å². The van der Waals surface area contributed by atoms with Gasteiger partial charge in [-0.15, -0.1) is 12.3 Å². The van der Waals surface area contributed by atoms with Crippen molar-refractivity contribution in [3.05, 3.63) is 21.9 Å². The van der Waals surface area contributed by atoms with Crippen molar-refractivity contribution >= 4 is 39.1 Å². The Morgan fingerprint density at radius 3 is 3.06 bits per heavy atom. The van der Waals surface area contributed by atoms with E-state index in [-0.39, 0.29) is 11.8 Å². The lowest BCUT2D eigenvalue weighted by Gasteiger charge is -2.16. The maximum absolute atomic E-state index is 11.7. The lowest BCUT2D eigenvalue weighted by Crippen LogP contribution is -2.24. The quantitative estimate of drug-likeness (QED) is 0.589. The van der Waals surface area contributed by atoms with E-state index in [0.29, 0.717) is 23.8 Å². The highest BCUT2D eigenvalue weighted by molar-refractivity contribution is 9.10. The molecule has 0 aromatic carbocycles. The highest BCUT2D eigenvalue weighted by Gasteiger charge is 2.30. The van der Waals surface area contributed by atoms with Crippen molar-refractivity contribution in [3.8, 4) is 12.3 Å². The zero-order valence-corrected chi connectivity index (χ0v) is 10.6. The first-order valence-corrected chi connectivity index (χ1v) is 5.86. The average Bonchev–Trinajstić information content (AvgIpc) is 2.63. The molecule has 1 aliphatic heterocycles. The molecule has 0 spiro atoms. The fourth-order valence-electron chi connectivity index (χ4n) is 1.65. The summed E-state index contributed by atoms with van der Waals surface area (Å²) in [4.78, 5) is 17.3. The molecule has 5 heteroatoms. The number of halogens is 2. The van der Waals surface area contributed by atoms with Crippen LogP contribution < -0.4 is 4.90 Å². The van der Waals surface area contributed by atoms with E-state index in [2.05, 4.69) is 26.8 Å². The third-order valence-corrected chi connectivity index (χ3v) is 3.16. The van der Waals surface area contributed by atoms with E-state index in [4.69, 9.17) is 18.0 Å². The molecular formula is C11H8BrClN2O. The van der Waals surface area contributed by atoms with Gasteiger partial charge < -0.3 is 4.90 Å². The molecular weight excluding hydrogens is 291 g/mol.